The van der Waals surface area contributed by atoms with Crippen molar-refractivity contribution in [3.63, 3.8) is 0 Å². The number of carbonyl (C=O) groups is 1. The maximum Gasteiger partial charge on any atom is 0.156 e. The monoisotopic (exact) mass is 201 g/mol. The molecule has 2 nitrogen and oxygen atoms in total. The predicted molar refractivity (Wildman–Crippen MR) is 59.4 cm³/mol. The highest BCUT2D eigenvalue weighted by molar-refractivity contribution is 5.89. The third-order valence-electron chi connectivity index (χ3n) is 2.39. The van der Waals surface area contributed by atoms with Crippen LogP contribution >= 0.6 is 0 Å². The summed E-state index contributed by atoms with van der Waals surface area (Å²) in [5.74, 6) is -0.733. The summed E-state index contributed by atoms with van der Waals surface area (Å²) in [6.45, 7) is 5.62. The second-order valence-corrected chi connectivity index (χ2v) is 4.03. The average molecular weight is 201 g/mol. The van der Waals surface area contributed by atoms with E-state index >= 15 is 0 Å². The van der Waals surface area contributed by atoms with Crippen LogP contribution in [-0.2, 0) is 4.79 Å². The number of hydrogen-bond donors (Lipinski definition) is 0. The van der Waals surface area contributed by atoms with Crippen molar-refractivity contribution in [2.24, 2.45) is 5.92 Å². The van der Waals surface area contributed by atoms with E-state index in [0.29, 0.717) is 0 Å². The number of hydrogen-bond acceptors (Lipinski definition) is 2. The van der Waals surface area contributed by atoms with Crippen molar-refractivity contribution >= 4 is 5.78 Å². The molecule has 0 saturated carbocycles. The third-order valence-corrected chi connectivity index (χ3v) is 2.39. The topological polar surface area (TPSA) is 40.9 Å². The number of nitrogens with zero attached hydrogens (tertiary/aromatic N) is 1. The van der Waals surface area contributed by atoms with Crippen LogP contribution in [0.2, 0.25) is 0 Å². The van der Waals surface area contributed by atoms with Crippen LogP contribution in [0.1, 0.15) is 30.9 Å². The lowest BCUT2D eigenvalue weighted by Crippen LogP contribution is -2.16. The maximum atomic E-state index is 11.7. The molecule has 0 aromatic heterocycles. The fourth-order valence-corrected chi connectivity index (χ4v) is 1.39. The number of aryl methyl sites for hydroxylation is 1. The maximum absolute atomic E-state index is 11.7. The number of carbonyl (C=O) groups excluding carboxylic acids is 1. The van der Waals surface area contributed by atoms with Crippen LogP contribution in [0, 0.1) is 24.2 Å². The smallest absolute Gasteiger partial charge is 0.156 e. The standard InChI is InChI=1S/C13H15NO/c1-9(2)13(15)12(8-14)11-6-4-10(3)5-7-11/h4-7,9,12H,1-3H3/t12-/m1/s1. The van der Waals surface area contributed by atoms with Gasteiger partial charge < -0.3 is 0 Å². The van der Waals surface area contributed by atoms with Crippen molar-refractivity contribution in [1.29, 1.82) is 5.26 Å². The van der Waals surface area contributed by atoms with Crippen LogP contribution in [0.4, 0.5) is 0 Å². The van der Waals surface area contributed by atoms with Crippen molar-refractivity contribution in [3.8, 4) is 6.07 Å². The number of benzene rings is 1. The highest BCUT2D eigenvalue weighted by Crippen LogP contribution is 2.20. The summed E-state index contributed by atoms with van der Waals surface area (Å²) in [6.07, 6.45) is 0. The van der Waals surface area contributed by atoms with E-state index in [1.165, 1.54) is 0 Å². The van der Waals surface area contributed by atoms with Crippen molar-refractivity contribution in [2.75, 3.05) is 0 Å². The van der Waals surface area contributed by atoms with Crippen LogP contribution in [-0.4, -0.2) is 5.78 Å². The Hall–Kier alpha value is -1.62. The minimum Gasteiger partial charge on any atom is -0.298 e. The van der Waals surface area contributed by atoms with Crippen molar-refractivity contribution < 1.29 is 4.79 Å². The second-order valence-electron chi connectivity index (χ2n) is 4.03. The van der Waals surface area contributed by atoms with Crippen LogP contribution in [0.5, 0.6) is 0 Å². The van der Waals surface area contributed by atoms with Gasteiger partial charge in [-0.25, -0.2) is 0 Å². The van der Waals surface area contributed by atoms with E-state index in [4.69, 9.17) is 5.26 Å². The van der Waals surface area contributed by atoms with E-state index < -0.39 is 5.92 Å². The molecule has 0 amide bonds. The number of rotatable bonds is 3. The fourth-order valence-electron chi connectivity index (χ4n) is 1.39. The molecule has 0 saturated heterocycles. The zero-order valence-corrected chi connectivity index (χ0v) is 9.32. The normalized spacial score (nSPS) is 12.2. The zero-order chi connectivity index (χ0) is 11.4. The Morgan fingerprint density at radius 2 is 1.80 bits per heavy atom. The first-order chi connectivity index (χ1) is 7.06. The first-order valence-corrected chi connectivity index (χ1v) is 5.06. The molecule has 0 N–H and O–H groups in total. The predicted octanol–water partition coefficient (Wildman–Crippen LogP) is 2.83. The van der Waals surface area contributed by atoms with Crippen molar-refractivity contribution in [2.45, 2.75) is 26.7 Å². The quantitative estimate of drug-likeness (QED) is 0.754. The Bertz CT molecular complexity index is 384. The van der Waals surface area contributed by atoms with Gasteiger partial charge in [-0.15, -0.1) is 0 Å². The Morgan fingerprint density at radius 3 is 2.20 bits per heavy atom. The molecule has 1 aromatic rings. The molecule has 15 heavy (non-hydrogen) atoms. The van der Waals surface area contributed by atoms with E-state index in [9.17, 15) is 4.79 Å². The molecule has 0 fully saturated rings. The molecule has 0 aliphatic rings. The SMILES string of the molecule is Cc1ccc([C@@H](C#N)C(=O)C(C)C)cc1. The minimum atomic E-state index is -0.620. The van der Waals surface area contributed by atoms with Crippen LogP contribution in [0.25, 0.3) is 0 Å². The second kappa shape index (κ2) is 4.75. The highest BCUT2D eigenvalue weighted by atomic mass is 16.1. The molecule has 78 valence electrons. The Balaban J connectivity index is 2.99. The molecule has 0 heterocycles. The van der Waals surface area contributed by atoms with Crippen molar-refractivity contribution in [3.05, 3.63) is 35.4 Å². The van der Waals surface area contributed by atoms with E-state index in [1.807, 2.05) is 45.0 Å². The molecule has 0 unspecified atom stereocenters. The van der Waals surface area contributed by atoms with Gasteiger partial charge in [0.15, 0.2) is 5.78 Å². The van der Waals surface area contributed by atoms with Gasteiger partial charge in [0.25, 0.3) is 0 Å². The summed E-state index contributed by atoms with van der Waals surface area (Å²) in [6, 6.07) is 9.62. The molecular weight excluding hydrogens is 186 g/mol. The van der Waals surface area contributed by atoms with Gasteiger partial charge in [0.05, 0.1) is 6.07 Å². The number of nitriles is 1. The van der Waals surface area contributed by atoms with E-state index in [2.05, 4.69) is 6.07 Å². The van der Waals surface area contributed by atoms with Gasteiger partial charge in [-0.3, -0.25) is 4.79 Å². The highest BCUT2D eigenvalue weighted by Gasteiger charge is 2.22. The van der Waals surface area contributed by atoms with Gasteiger partial charge in [-0.1, -0.05) is 43.7 Å². The summed E-state index contributed by atoms with van der Waals surface area (Å²) >= 11 is 0. The van der Waals surface area contributed by atoms with E-state index in [0.717, 1.165) is 11.1 Å². The fraction of sp³-hybridized carbons (Fsp3) is 0.385. The molecule has 0 radical (unpaired) electrons. The van der Waals surface area contributed by atoms with Crippen LogP contribution in [0.15, 0.2) is 24.3 Å². The lowest BCUT2D eigenvalue weighted by Gasteiger charge is -2.11. The molecule has 1 aromatic carbocycles. The first-order valence-electron chi connectivity index (χ1n) is 5.06. The summed E-state index contributed by atoms with van der Waals surface area (Å²) < 4.78 is 0. The lowest BCUT2D eigenvalue weighted by molar-refractivity contribution is -0.122. The summed E-state index contributed by atoms with van der Waals surface area (Å²) in [4.78, 5) is 11.7. The Morgan fingerprint density at radius 1 is 1.27 bits per heavy atom. The molecule has 2 heteroatoms. The number of Topliss-reactive ketones (excluding diaryl/α,β-unsaturated/α-hetero) is 1. The van der Waals surface area contributed by atoms with E-state index in [-0.39, 0.29) is 11.7 Å². The molecule has 0 bridgehead atoms. The van der Waals surface area contributed by atoms with Gasteiger partial charge in [-0.05, 0) is 12.5 Å². The van der Waals surface area contributed by atoms with Gasteiger partial charge in [0, 0.05) is 5.92 Å². The molecule has 1 atom stereocenters. The molecule has 1 rings (SSSR count). The van der Waals surface area contributed by atoms with Gasteiger partial charge >= 0.3 is 0 Å². The first kappa shape index (κ1) is 11.5. The Labute approximate surface area is 90.5 Å². The van der Waals surface area contributed by atoms with Gasteiger partial charge in [-0.2, -0.15) is 5.26 Å². The Kier molecular flexibility index (Phi) is 3.62. The van der Waals surface area contributed by atoms with Crippen molar-refractivity contribution in [1.82, 2.24) is 0 Å². The zero-order valence-electron chi connectivity index (χ0n) is 9.32. The van der Waals surface area contributed by atoms with Gasteiger partial charge in [0.1, 0.15) is 5.92 Å². The van der Waals surface area contributed by atoms with Crippen LogP contribution in [0.3, 0.4) is 0 Å². The lowest BCUT2D eigenvalue weighted by atomic mass is 9.90. The molecular formula is C13H15NO. The minimum absolute atomic E-state index is 0.0126. The molecule has 0 aliphatic carbocycles. The van der Waals surface area contributed by atoms with Gasteiger partial charge in [0.2, 0.25) is 0 Å². The molecule has 0 spiro atoms. The third kappa shape index (κ3) is 2.66. The average Bonchev–Trinajstić information content (AvgIpc) is 2.21. The summed E-state index contributed by atoms with van der Waals surface area (Å²) in [7, 11) is 0. The van der Waals surface area contributed by atoms with E-state index in [1.54, 1.807) is 0 Å². The summed E-state index contributed by atoms with van der Waals surface area (Å²) in [5, 5.41) is 9.00. The summed E-state index contributed by atoms with van der Waals surface area (Å²) in [5.41, 5.74) is 1.93. The molecule has 0 aliphatic heterocycles. The largest absolute Gasteiger partial charge is 0.298 e. The number of ketones is 1. The van der Waals surface area contributed by atoms with Crippen LogP contribution < -0.4 is 0 Å².